The Morgan fingerprint density at radius 3 is 3.05 bits per heavy atom. The minimum Gasteiger partial charge on any atom is -0.384 e. The van der Waals surface area contributed by atoms with Gasteiger partial charge in [-0.05, 0) is 24.5 Å². The van der Waals surface area contributed by atoms with Gasteiger partial charge in [0.1, 0.15) is 11.9 Å². The lowest BCUT2D eigenvalue weighted by Gasteiger charge is -2.34. The molecule has 6 heteroatoms. The first kappa shape index (κ1) is 13.3. The average molecular weight is 276 g/mol. The van der Waals surface area contributed by atoms with Crippen molar-refractivity contribution in [2.45, 2.75) is 31.5 Å². The molecule has 1 aromatic rings. The molecule has 1 aromatic heterocycles. The molecule has 2 heterocycles. The van der Waals surface area contributed by atoms with Gasteiger partial charge >= 0.3 is 0 Å². The molecule has 1 unspecified atom stereocenters. The van der Waals surface area contributed by atoms with Gasteiger partial charge in [-0.3, -0.25) is 9.69 Å². The number of nitrogens with zero attached hydrogens (tertiary/aromatic N) is 2. The predicted molar refractivity (Wildman–Crippen MR) is 74.8 cm³/mol. The molecule has 1 amide bonds. The molecule has 1 aliphatic carbocycles. The monoisotopic (exact) mass is 276 g/mol. The molecule has 1 aliphatic heterocycles. The smallest absolute Gasteiger partial charge is 0.239 e. The van der Waals surface area contributed by atoms with Crippen molar-refractivity contribution >= 4 is 11.7 Å². The van der Waals surface area contributed by atoms with E-state index in [0.29, 0.717) is 31.6 Å². The van der Waals surface area contributed by atoms with Gasteiger partial charge in [0.2, 0.25) is 5.91 Å². The fourth-order valence-corrected chi connectivity index (χ4v) is 2.36. The highest BCUT2D eigenvalue weighted by atomic mass is 16.5. The molecular formula is C14H20N4O2. The maximum Gasteiger partial charge on any atom is 0.239 e. The second kappa shape index (κ2) is 5.76. The van der Waals surface area contributed by atoms with Gasteiger partial charge < -0.3 is 15.8 Å². The Morgan fingerprint density at radius 1 is 1.50 bits per heavy atom. The third-order valence-electron chi connectivity index (χ3n) is 3.70. The number of hydrogen-bond donors (Lipinski definition) is 2. The number of amides is 1. The SMILES string of the molecule is Nc1ccc(CN2CCOCC2C(=O)NC2CC2)cn1. The zero-order chi connectivity index (χ0) is 13.9. The topological polar surface area (TPSA) is 80.5 Å². The summed E-state index contributed by atoms with van der Waals surface area (Å²) in [5.74, 6) is 0.592. The van der Waals surface area contributed by atoms with Gasteiger partial charge in [0.05, 0.1) is 13.2 Å². The number of carbonyl (C=O) groups is 1. The second-order valence-electron chi connectivity index (χ2n) is 5.44. The number of rotatable bonds is 4. The summed E-state index contributed by atoms with van der Waals surface area (Å²) in [6.07, 6.45) is 3.96. The maximum atomic E-state index is 12.2. The summed E-state index contributed by atoms with van der Waals surface area (Å²) in [4.78, 5) is 18.5. The molecule has 2 aliphatic rings. The Labute approximate surface area is 118 Å². The van der Waals surface area contributed by atoms with Crippen molar-refractivity contribution < 1.29 is 9.53 Å². The third kappa shape index (κ3) is 3.26. The lowest BCUT2D eigenvalue weighted by Crippen LogP contribution is -2.53. The number of nitrogens with two attached hydrogens (primary N) is 1. The summed E-state index contributed by atoms with van der Waals surface area (Å²) in [5.41, 5.74) is 6.65. The molecule has 1 atom stereocenters. The Kier molecular flexibility index (Phi) is 3.84. The van der Waals surface area contributed by atoms with E-state index in [1.165, 1.54) is 0 Å². The van der Waals surface area contributed by atoms with Gasteiger partial charge in [-0.15, -0.1) is 0 Å². The van der Waals surface area contributed by atoms with Crippen LogP contribution >= 0.6 is 0 Å². The predicted octanol–water partition coefficient (Wildman–Crippen LogP) is 0.143. The van der Waals surface area contributed by atoms with Crippen LogP contribution in [0.5, 0.6) is 0 Å². The molecule has 1 saturated heterocycles. The summed E-state index contributed by atoms with van der Waals surface area (Å²) >= 11 is 0. The van der Waals surface area contributed by atoms with Crippen LogP contribution in [0.4, 0.5) is 5.82 Å². The lowest BCUT2D eigenvalue weighted by molar-refractivity contribution is -0.133. The van der Waals surface area contributed by atoms with Crippen LogP contribution in [0.2, 0.25) is 0 Å². The highest BCUT2D eigenvalue weighted by molar-refractivity contribution is 5.82. The largest absolute Gasteiger partial charge is 0.384 e. The van der Waals surface area contributed by atoms with E-state index in [4.69, 9.17) is 10.5 Å². The Morgan fingerprint density at radius 2 is 2.35 bits per heavy atom. The number of aromatic nitrogens is 1. The molecule has 3 N–H and O–H groups in total. The van der Waals surface area contributed by atoms with E-state index in [9.17, 15) is 4.79 Å². The minimum absolute atomic E-state index is 0.0793. The molecule has 2 fully saturated rings. The normalized spacial score (nSPS) is 23.5. The molecule has 108 valence electrons. The summed E-state index contributed by atoms with van der Waals surface area (Å²) in [6.45, 7) is 2.57. The molecule has 3 rings (SSSR count). The van der Waals surface area contributed by atoms with Gasteiger partial charge in [-0.2, -0.15) is 0 Å². The van der Waals surface area contributed by atoms with Crippen LogP contribution in [0.1, 0.15) is 18.4 Å². The van der Waals surface area contributed by atoms with E-state index in [1.807, 2.05) is 6.07 Å². The fourth-order valence-electron chi connectivity index (χ4n) is 2.36. The molecule has 0 bridgehead atoms. The zero-order valence-corrected chi connectivity index (χ0v) is 11.4. The van der Waals surface area contributed by atoms with Gasteiger partial charge in [0.15, 0.2) is 0 Å². The molecule has 1 saturated carbocycles. The number of ether oxygens (including phenoxy) is 1. The number of morpholine rings is 1. The molecule has 20 heavy (non-hydrogen) atoms. The van der Waals surface area contributed by atoms with Crippen molar-refractivity contribution in [1.82, 2.24) is 15.2 Å². The van der Waals surface area contributed by atoms with E-state index < -0.39 is 0 Å². The minimum atomic E-state index is -0.207. The molecule has 0 radical (unpaired) electrons. The number of nitrogens with one attached hydrogen (secondary N) is 1. The third-order valence-corrected chi connectivity index (χ3v) is 3.70. The molecule has 6 nitrogen and oxygen atoms in total. The van der Waals surface area contributed by atoms with Crippen molar-refractivity contribution in [1.29, 1.82) is 0 Å². The van der Waals surface area contributed by atoms with Crippen molar-refractivity contribution in [3.05, 3.63) is 23.9 Å². The average Bonchev–Trinajstić information content (AvgIpc) is 3.26. The van der Waals surface area contributed by atoms with Crippen LogP contribution in [0, 0.1) is 0 Å². The van der Waals surface area contributed by atoms with Crippen molar-refractivity contribution in [3.8, 4) is 0 Å². The van der Waals surface area contributed by atoms with Gasteiger partial charge in [0.25, 0.3) is 0 Å². The highest BCUT2D eigenvalue weighted by Crippen LogP contribution is 2.20. The maximum absolute atomic E-state index is 12.2. The van der Waals surface area contributed by atoms with Crippen LogP contribution in [0.25, 0.3) is 0 Å². The first-order chi connectivity index (χ1) is 9.72. The van der Waals surface area contributed by atoms with E-state index in [-0.39, 0.29) is 11.9 Å². The molecule has 0 aromatic carbocycles. The second-order valence-corrected chi connectivity index (χ2v) is 5.44. The quantitative estimate of drug-likeness (QED) is 0.818. The van der Waals surface area contributed by atoms with Crippen LogP contribution in [-0.4, -0.2) is 47.6 Å². The van der Waals surface area contributed by atoms with Crippen LogP contribution in [0.15, 0.2) is 18.3 Å². The van der Waals surface area contributed by atoms with E-state index in [1.54, 1.807) is 12.3 Å². The van der Waals surface area contributed by atoms with Gasteiger partial charge in [0, 0.05) is 25.3 Å². The number of anilines is 1. The lowest BCUT2D eigenvalue weighted by atomic mass is 10.1. The summed E-state index contributed by atoms with van der Waals surface area (Å²) < 4.78 is 5.45. The first-order valence-corrected chi connectivity index (χ1v) is 7.05. The van der Waals surface area contributed by atoms with Crippen molar-refractivity contribution in [2.24, 2.45) is 0 Å². The van der Waals surface area contributed by atoms with Crippen LogP contribution in [0.3, 0.4) is 0 Å². The van der Waals surface area contributed by atoms with Gasteiger partial charge in [-0.25, -0.2) is 4.98 Å². The fraction of sp³-hybridized carbons (Fsp3) is 0.571. The number of carbonyl (C=O) groups excluding carboxylic acids is 1. The zero-order valence-electron chi connectivity index (χ0n) is 11.4. The molecule has 0 spiro atoms. The number of pyridine rings is 1. The highest BCUT2D eigenvalue weighted by Gasteiger charge is 2.33. The van der Waals surface area contributed by atoms with E-state index in [0.717, 1.165) is 24.9 Å². The Bertz CT molecular complexity index is 473. The number of hydrogen-bond acceptors (Lipinski definition) is 5. The van der Waals surface area contributed by atoms with Crippen LogP contribution < -0.4 is 11.1 Å². The first-order valence-electron chi connectivity index (χ1n) is 7.05. The summed E-state index contributed by atoms with van der Waals surface area (Å²) in [5, 5.41) is 3.05. The van der Waals surface area contributed by atoms with Crippen LogP contribution in [-0.2, 0) is 16.1 Å². The van der Waals surface area contributed by atoms with E-state index in [2.05, 4.69) is 15.2 Å². The molecular weight excluding hydrogens is 256 g/mol. The Hall–Kier alpha value is -1.66. The Balaban J connectivity index is 1.64. The van der Waals surface area contributed by atoms with Crippen molar-refractivity contribution in [3.63, 3.8) is 0 Å². The van der Waals surface area contributed by atoms with Crippen molar-refractivity contribution in [2.75, 3.05) is 25.5 Å². The number of nitrogen functional groups attached to an aromatic ring is 1. The summed E-state index contributed by atoms with van der Waals surface area (Å²) in [7, 11) is 0. The van der Waals surface area contributed by atoms with Gasteiger partial charge in [-0.1, -0.05) is 6.07 Å². The van der Waals surface area contributed by atoms with E-state index >= 15 is 0 Å². The summed E-state index contributed by atoms with van der Waals surface area (Å²) in [6, 6.07) is 3.91. The standard InChI is InChI=1S/C14H20N4O2/c15-13-4-1-10(7-16-13)8-18-5-6-20-9-12(18)14(19)17-11-2-3-11/h1,4,7,11-12H,2-3,5-6,8-9H2,(H2,15,16)(H,17,19).